The number of furan rings is 1. The van der Waals surface area contributed by atoms with E-state index >= 15 is 0 Å². The van der Waals surface area contributed by atoms with E-state index in [1.165, 1.54) is 31.4 Å². The van der Waals surface area contributed by atoms with Crippen molar-refractivity contribution >= 4 is 11.9 Å². The van der Waals surface area contributed by atoms with Gasteiger partial charge in [-0.3, -0.25) is 4.79 Å². The molecule has 0 aliphatic heterocycles. The minimum absolute atomic E-state index is 0.0585. The number of carbonyl (C=O) groups is 2. The average molecular weight is 251 g/mol. The highest BCUT2D eigenvalue weighted by Crippen LogP contribution is 2.22. The van der Waals surface area contributed by atoms with Gasteiger partial charge in [-0.25, -0.2) is 4.79 Å². The molecule has 5 heteroatoms. The number of carbonyl (C=O) groups excluding carboxylic acids is 1. The number of hydrogen-bond donors (Lipinski definition) is 2. The molecule has 1 fully saturated rings. The van der Waals surface area contributed by atoms with Crippen LogP contribution in [0.1, 0.15) is 53.2 Å². The van der Waals surface area contributed by atoms with E-state index in [1.54, 1.807) is 0 Å². The fourth-order valence-corrected chi connectivity index (χ4v) is 2.29. The Hall–Kier alpha value is -1.78. The van der Waals surface area contributed by atoms with Crippen LogP contribution in [0.25, 0.3) is 0 Å². The third-order valence-electron chi connectivity index (χ3n) is 3.32. The SMILES string of the molecule is O=C(O)c1ccc(C(=O)NCC2CCCCC2)o1. The molecule has 1 aliphatic carbocycles. The molecule has 1 aromatic rings. The predicted octanol–water partition coefficient (Wildman–Crippen LogP) is 2.29. The van der Waals surface area contributed by atoms with E-state index in [0.717, 1.165) is 12.8 Å². The Bertz CT molecular complexity index is 432. The van der Waals surface area contributed by atoms with E-state index < -0.39 is 5.97 Å². The maximum absolute atomic E-state index is 11.7. The van der Waals surface area contributed by atoms with Crippen molar-refractivity contribution < 1.29 is 19.1 Å². The molecule has 0 saturated heterocycles. The Kier molecular flexibility index (Phi) is 4.02. The summed E-state index contributed by atoms with van der Waals surface area (Å²) in [5.74, 6) is -1.12. The smallest absolute Gasteiger partial charge is 0.371 e. The maximum atomic E-state index is 11.7. The van der Waals surface area contributed by atoms with Crippen LogP contribution in [-0.4, -0.2) is 23.5 Å². The summed E-state index contributed by atoms with van der Waals surface area (Å²) in [4.78, 5) is 22.3. The monoisotopic (exact) mass is 251 g/mol. The van der Waals surface area contributed by atoms with Gasteiger partial charge in [0.1, 0.15) is 0 Å². The van der Waals surface area contributed by atoms with Crippen LogP contribution in [0.3, 0.4) is 0 Å². The van der Waals surface area contributed by atoms with E-state index in [-0.39, 0.29) is 17.4 Å². The summed E-state index contributed by atoms with van der Waals surface area (Å²) in [5.41, 5.74) is 0. The van der Waals surface area contributed by atoms with Crippen molar-refractivity contribution in [1.29, 1.82) is 0 Å². The largest absolute Gasteiger partial charge is 0.475 e. The summed E-state index contributed by atoms with van der Waals surface area (Å²) in [5, 5.41) is 11.5. The van der Waals surface area contributed by atoms with Gasteiger partial charge >= 0.3 is 5.97 Å². The van der Waals surface area contributed by atoms with E-state index in [0.29, 0.717) is 12.5 Å². The summed E-state index contributed by atoms with van der Waals surface area (Å²) in [6.45, 7) is 0.641. The van der Waals surface area contributed by atoms with Gasteiger partial charge in [0, 0.05) is 6.54 Å². The Morgan fingerprint density at radius 1 is 1.22 bits per heavy atom. The fourth-order valence-electron chi connectivity index (χ4n) is 2.29. The van der Waals surface area contributed by atoms with Gasteiger partial charge in [0.05, 0.1) is 0 Å². The van der Waals surface area contributed by atoms with Gasteiger partial charge in [0.2, 0.25) is 5.76 Å². The van der Waals surface area contributed by atoms with E-state index in [9.17, 15) is 9.59 Å². The molecule has 0 radical (unpaired) electrons. The number of rotatable bonds is 4. The Labute approximate surface area is 105 Å². The third-order valence-corrected chi connectivity index (χ3v) is 3.32. The number of amides is 1. The van der Waals surface area contributed by atoms with Crippen molar-refractivity contribution in [1.82, 2.24) is 5.32 Å². The lowest BCUT2D eigenvalue weighted by molar-refractivity contribution is 0.0659. The van der Waals surface area contributed by atoms with Crippen molar-refractivity contribution in [3.05, 3.63) is 23.7 Å². The molecule has 5 nitrogen and oxygen atoms in total. The van der Waals surface area contributed by atoms with Gasteiger partial charge in [-0.1, -0.05) is 19.3 Å². The standard InChI is InChI=1S/C13H17NO4/c15-12(10-6-7-11(18-10)13(16)17)14-8-9-4-2-1-3-5-9/h6-7,9H,1-5,8H2,(H,14,15)(H,16,17). The van der Waals surface area contributed by atoms with Crippen LogP contribution in [0.5, 0.6) is 0 Å². The molecule has 98 valence electrons. The lowest BCUT2D eigenvalue weighted by Gasteiger charge is -2.21. The number of carboxylic acid groups (broad SMARTS) is 1. The average Bonchev–Trinajstić information content (AvgIpc) is 2.87. The summed E-state index contributed by atoms with van der Waals surface area (Å²) in [6.07, 6.45) is 6.04. The minimum Gasteiger partial charge on any atom is -0.475 e. The number of aromatic carboxylic acids is 1. The van der Waals surface area contributed by atoms with Gasteiger partial charge in [-0.2, -0.15) is 0 Å². The van der Waals surface area contributed by atoms with Gasteiger partial charge in [0.25, 0.3) is 5.91 Å². The van der Waals surface area contributed by atoms with Crippen molar-refractivity contribution in [2.24, 2.45) is 5.92 Å². The van der Waals surface area contributed by atoms with Crippen LogP contribution in [0, 0.1) is 5.92 Å². The molecule has 0 spiro atoms. The topological polar surface area (TPSA) is 79.5 Å². The normalized spacial score (nSPS) is 16.4. The molecule has 0 bridgehead atoms. The van der Waals surface area contributed by atoms with Crippen molar-refractivity contribution in [2.75, 3.05) is 6.54 Å². The first-order chi connectivity index (χ1) is 8.66. The number of hydrogen-bond acceptors (Lipinski definition) is 3. The van der Waals surface area contributed by atoms with Gasteiger partial charge in [-0.15, -0.1) is 0 Å². The molecule has 2 N–H and O–H groups in total. The van der Waals surface area contributed by atoms with E-state index in [1.807, 2.05) is 0 Å². The van der Waals surface area contributed by atoms with Crippen LogP contribution >= 0.6 is 0 Å². The molecule has 0 atom stereocenters. The molecule has 1 heterocycles. The predicted molar refractivity (Wildman–Crippen MR) is 64.6 cm³/mol. The first-order valence-corrected chi connectivity index (χ1v) is 6.28. The van der Waals surface area contributed by atoms with E-state index in [4.69, 9.17) is 9.52 Å². The molecule has 1 aliphatic rings. The summed E-state index contributed by atoms with van der Waals surface area (Å²) in [7, 11) is 0. The molecule has 1 amide bonds. The van der Waals surface area contributed by atoms with Gasteiger partial charge in [-0.05, 0) is 30.9 Å². The van der Waals surface area contributed by atoms with Gasteiger partial charge < -0.3 is 14.8 Å². The summed E-state index contributed by atoms with van der Waals surface area (Å²) in [6, 6.07) is 2.68. The molecule has 1 saturated carbocycles. The first-order valence-electron chi connectivity index (χ1n) is 6.28. The first kappa shape index (κ1) is 12.7. The summed E-state index contributed by atoms with van der Waals surface area (Å²) >= 11 is 0. The molecule has 0 unspecified atom stereocenters. The van der Waals surface area contributed by atoms with Crippen molar-refractivity contribution in [3.8, 4) is 0 Å². The van der Waals surface area contributed by atoms with Crippen LogP contribution in [0.2, 0.25) is 0 Å². The molecule has 2 rings (SSSR count). The minimum atomic E-state index is -1.17. The second kappa shape index (κ2) is 5.71. The number of carboxylic acids is 1. The highest BCUT2D eigenvalue weighted by Gasteiger charge is 2.17. The van der Waals surface area contributed by atoms with Crippen molar-refractivity contribution in [3.63, 3.8) is 0 Å². The Balaban J connectivity index is 1.84. The zero-order chi connectivity index (χ0) is 13.0. The second-order valence-corrected chi connectivity index (χ2v) is 4.68. The fraction of sp³-hybridized carbons (Fsp3) is 0.538. The lowest BCUT2D eigenvalue weighted by Crippen LogP contribution is -2.29. The zero-order valence-electron chi connectivity index (χ0n) is 10.1. The highest BCUT2D eigenvalue weighted by molar-refractivity contribution is 5.93. The maximum Gasteiger partial charge on any atom is 0.371 e. The van der Waals surface area contributed by atoms with Crippen LogP contribution in [0.15, 0.2) is 16.5 Å². The van der Waals surface area contributed by atoms with Crippen molar-refractivity contribution in [2.45, 2.75) is 32.1 Å². The lowest BCUT2D eigenvalue weighted by atomic mass is 9.89. The third kappa shape index (κ3) is 3.12. The number of nitrogens with one attached hydrogen (secondary N) is 1. The van der Waals surface area contributed by atoms with Crippen LogP contribution in [-0.2, 0) is 0 Å². The quantitative estimate of drug-likeness (QED) is 0.860. The molecular formula is C13H17NO4. The molecule has 18 heavy (non-hydrogen) atoms. The summed E-state index contributed by atoms with van der Waals surface area (Å²) < 4.78 is 4.94. The van der Waals surface area contributed by atoms with Crippen LogP contribution < -0.4 is 5.32 Å². The van der Waals surface area contributed by atoms with E-state index in [2.05, 4.69) is 5.32 Å². The highest BCUT2D eigenvalue weighted by atomic mass is 16.4. The van der Waals surface area contributed by atoms with Gasteiger partial charge in [0.15, 0.2) is 5.76 Å². The second-order valence-electron chi connectivity index (χ2n) is 4.68. The Morgan fingerprint density at radius 3 is 2.50 bits per heavy atom. The van der Waals surface area contributed by atoms with Crippen LogP contribution in [0.4, 0.5) is 0 Å². The zero-order valence-corrected chi connectivity index (χ0v) is 10.1. The Morgan fingerprint density at radius 2 is 1.89 bits per heavy atom. The molecule has 0 aromatic carbocycles. The molecule has 1 aromatic heterocycles. The molecular weight excluding hydrogens is 234 g/mol.